The third kappa shape index (κ3) is 5.16. The van der Waals surface area contributed by atoms with Gasteiger partial charge in [0.2, 0.25) is 11.6 Å². The van der Waals surface area contributed by atoms with Crippen LogP contribution in [0, 0.1) is 0 Å². The summed E-state index contributed by atoms with van der Waals surface area (Å²) in [4.78, 5) is 13.9. The number of nitrogens with one attached hydrogen (secondary N) is 1. The van der Waals surface area contributed by atoms with Gasteiger partial charge in [-0.3, -0.25) is 4.79 Å². The number of carbonyl (C=O) groups is 1. The number of nitrogens with two attached hydrogens (primary N) is 1. The predicted molar refractivity (Wildman–Crippen MR) is 126 cm³/mol. The van der Waals surface area contributed by atoms with Crippen molar-refractivity contribution in [3.8, 4) is 5.82 Å². The van der Waals surface area contributed by atoms with Crippen LogP contribution in [0.5, 0.6) is 0 Å². The van der Waals surface area contributed by atoms with Gasteiger partial charge in [-0.2, -0.15) is 9.78 Å². The molecule has 10 nitrogen and oxygen atoms in total. The second-order valence-electron chi connectivity index (χ2n) is 6.63. The number of nitrogens with zero attached hydrogens (tertiary/aromatic N) is 6. The van der Waals surface area contributed by atoms with E-state index in [9.17, 15) is 4.79 Å². The Balaban J connectivity index is 1.61. The fourth-order valence-corrected chi connectivity index (χ4v) is 4.27. The minimum Gasteiger partial charge on any atom is -0.378 e. The molecule has 33 heavy (non-hydrogen) atoms. The summed E-state index contributed by atoms with van der Waals surface area (Å²) in [5.74, 6) is -0.0658. The fraction of sp³-hybridized carbons (Fsp3) is 0.100. The second-order valence-corrected chi connectivity index (χ2v) is 8.53. The van der Waals surface area contributed by atoms with Crippen LogP contribution in [0.2, 0.25) is 10.0 Å². The summed E-state index contributed by atoms with van der Waals surface area (Å²) >= 11 is 13.6. The first-order valence-electron chi connectivity index (χ1n) is 9.45. The molecule has 0 aliphatic carbocycles. The Morgan fingerprint density at radius 1 is 1.21 bits per heavy atom. The Morgan fingerprint density at radius 3 is 2.70 bits per heavy atom. The molecule has 2 heterocycles. The summed E-state index contributed by atoms with van der Waals surface area (Å²) in [6.07, 6.45) is 0. The summed E-state index contributed by atoms with van der Waals surface area (Å²) in [5, 5.41) is 20.4. The molecular formula is C20H16Cl2N8O2S. The van der Waals surface area contributed by atoms with Crippen LogP contribution >= 0.6 is 35.0 Å². The molecule has 0 radical (unpaired) electrons. The van der Waals surface area contributed by atoms with Crippen molar-refractivity contribution in [3.63, 3.8) is 0 Å². The zero-order valence-corrected chi connectivity index (χ0v) is 19.4. The molecule has 0 aliphatic rings. The lowest BCUT2D eigenvalue weighted by atomic mass is 10.1. The minimum atomic E-state index is -0.565. The largest absolute Gasteiger partial charge is 0.378 e. The SMILES string of the molecule is C/C(=N\NC(=O)c1nnn(-c2nonc2N)c1CSc1ccccc1)c1ccc(Cl)cc1Cl. The monoisotopic (exact) mass is 502 g/mol. The van der Waals surface area contributed by atoms with Crippen LogP contribution in [0.3, 0.4) is 0 Å². The first-order valence-corrected chi connectivity index (χ1v) is 11.2. The van der Waals surface area contributed by atoms with E-state index in [-0.39, 0.29) is 17.3 Å². The lowest BCUT2D eigenvalue weighted by molar-refractivity contribution is 0.0949. The maximum absolute atomic E-state index is 12.9. The van der Waals surface area contributed by atoms with Crippen LogP contribution in [-0.4, -0.2) is 36.9 Å². The highest BCUT2D eigenvalue weighted by Gasteiger charge is 2.24. The molecule has 1 amide bonds. The van der Waals surface area contributed by atoms with E-state index >= 15 is 0 Å². The Hall–Kier alpha value is -3.41. The van der Waals surface area contributed by atoms with Crippen LogP contribution in [0.15, 0.2) is 63.2 Å². The van der Waals surface area contributed by atoms with Crippen molar-refractivity contribution < 1.29 is 9.42 Å². The molecule has 4 rings (SSSR count). The first kappa shape index (κ1) is 22.8. The number of hydrogen-bond donors (Lipinski definition) is 2. The first-order chi connectivity index (χ1) is 15.9. The Bertz CT molecular complexity index is 1320. The number of nitrogen functional groups attached to an aromatic ring is 1. The molecule has 2 aromatic heterocycles. The van der Waals surface area contributed by atoms with Gasteiger partial charge in [0.25, 0.3) is 5.91 Å². The van der Waals surface area contributed by atoms with Crippen LogP contribution in [-0.2, 0) is 5.75 Å². The summed E-state index contributed by atoms with van der Waals surface area (Å²) < 4.78 is 5.99. The van der Waals surface area contributed by atoms with E-state index in [2.05, 4.69) is 35.8 Å². The molecule has 0 saturated heterocycles. The van der Waals surface area contributed by atoms with Gasteiger partial charge >= 0.3 is 0 Å². The van der Waals surface area contributed by atoms with Crippen molar-refractivity contribution in [1.29, 1.82) is 0 Å². The van der Waals surface area contributed by atoms with E-state index in [1.54, 1.807) is 25.1 Å². The van der Waals surface area contributed by atoms with Crippen LogP contribution < -0.4 is 11.2 Å². The lowest BCUT2D eigenvalue weighted by Crippen LogP contribution is -2.21. The van der Waals surface area contributed by atoms with Gasteiger partial charge in [-0.25, -0.2) is 10.1 Å². The average molecular weight is 503 g/mol. The van der Waals surface area contributed by atoms with Crippen molar-refractivity contribution in [1.82, 2.24) is 30.7 Å². The van der Waals surface area contributed by atoms with E-state index in [1.165, 1.54) is 16.4 Å². The van der Waals surface area contributed by atoms with Gasteiger partial charge in [-0.15, -0.1) is 16.9 Å². The van der Waals surface area contributed by atoms with Gasteiger partial charge in [0.05, 0.1) is 16.4 Å². The summed E-state index contributed by atoms with van der Waals surface area (Å²) in [6.45, 7) is 1.71. The number of amides is 1. The molecule has 4 aromatic rings. The maximum atomic E-state index is 12.9. The van der Waals surface area contributed by atoms with Crippen molar-refractivity contribution >= 4 is 52.4 Å². The number of anilines is 1. The zero-order valence-electron chi connectivity index (χ0n) is 17.1. The molecule has 0 bridgehead atoms. The number of rotatable bonds is 7. The minimum absolute atomic E-state index is 0.0177. The Morgan fingerprint density at radius 2 is 2.00 bits per heavy atom. The highest BCUT2D eigenvalue weighted by Crippen LogP contribution is 2.26. The van der Waals surface area contributed by atoms with E-state index < -0.39 is 5.91 Å². The average Bonchev–Trinajstić information content (AvgIpc) is 3.42. The molecule has 0 saturated carbocycles. The quantitative estimate of drug-likeness (QED) is 0.220. The van der Waals surface area contributed by atoms with Gasteiger partial charge < -0.3 is 5.73 Å². The van der Waals surface area contributed by atoms with Crippen molar-refractivity contribution in [2.24, 2.45) is 5.10 Å². The summed E-state index contributed by atoms with van der Waals surface area (Å²) in [7, 11) is 0. The molecule has 0 fully saturated rings. The molecule has 3 N–H and O–H groups in total. The number of hydrazone groups is 1. The van der Waals surface area contributed by atoms with Crippen molar-refractivity contribution in [2.75, 3.05) is 5.73 Å². The van der Waals surface area contributed by atoms with Gasteiger partial charge in [0.15, 0.2) is 5.69 Å². The maximum Gasteiger partial charge on any atom is 0.293 e. The molecule has 2 aromatic carbocycles. The molecular weight excluding hydrogens is 487 g/mol. The van der Waals surface area contributed by atoms with E-state index in [0.29, 0.717) is 32.8 Å². The Kier molecular flexibility index (Phi) is 6.92. The molecule has 13 heteroatoms. The highest BCUT2D eigenvalue weighted by molar-refractivity contribution is 7.98. The fourth-order valence-electron chi connectivity index (χ4n) is 2.81. The number of benzene rings is 2. The van der Waals surface area contributed by atoms with Crippen molar-refractivity contribution in [3.05, 3.63) is 75.5 Å². The van der Waals surface area contributed by atoms with Gasteiger partial charge in [0.1, 0.15) is 0 Å². The summed E-state index contributed by atoms with van der Waals surface area (Å²) in [6, 6.07) is 14.7. The van der Waals surface area contributed by atoms with Crippen molar-refractivity contribution in [2.45, 2.75) is 17.6 Å². The number of hydrogen-bond acceptors (Lipinski definition) is 9. The van der Waals surface area contributed by atoms with Crippen LogP contribution in [0.25, 0.3) is 5.82 Å². The molecule has 0 unspecified atom stereocenters. The van der Waals surface area contributed by atoms with Crippen LogP contribution in [0.4, 0.5) is 5.82 Å². The number of thioether (sulfide) groups is 1. The summed E-state index contributed by atoms with van der Waals surface area (Å²) in [5.41, 5.74) is 9.93. The molecule has 0 spiro atoms. The standard InChI is InChI=1S/C20H16Cl2N8O2S/c1-11(14-8-7-12(21)9-15(14)22)24-26-20(31)17-16(10-33-13-5-3-2-4-6-13)30(29-25-17)19-18(23)27-32-28-19/h2-9H,10H2,1H3,(H2,23,27)(H,26,31)/b24-11+. The topological polar surface area (TPSA) is 137 Å². The number of aromatic nitrogens is 5. The van der Waals surface area contributed by atoms with Gasteiger partial charge in [-0.05, 0) is 41.5 Å². The van der Waals surface area contributed by atoms with Crippen LogP contribution in [0.1, 0.15) is 28.7 Å². The van der Waals surface area contributed by atoms with E-state index in [4.69, 9.17) is 28.9 Å². The van der Waals surface area contributed by atoms with E-state index in [0.717, 1.165) is 4.90 Å². The number of halogens is 2. The predicted octanol–water partition coefficient (Wildman–Crippen LogP) is 3.99. The highest BCUT2D eigenvalue weighted by atomic mass is 35.5. The van der Waals surface area contributed by atoms with Gasteiger partial charge in [-0.1, -0.05) is 52.7 Å². The van der Waals surface area contributed by atoms with E-state index in [1.807, 2.05) is 30.3 Å². The second kappa shape index (κ2) is 10.0. The Labute approximate surface area is 202 Å². The zero-order chi connectivity index (χ0) is 23.4. The third-order valence-corrected chi connectivity index (χ3v) is 6.01. The lowest BCUT2D eigenvalue weighted by Gasteiger charge is -2.07. The molecule has 0 aliphatic heterocycles. The normalized spacial score (nSPS) is 11.5. The number of carbonyl (C=O) groups excluding carboxylic acids is 1. The smallest absolute Gasteiger partial charge is 0.293 e. The third-order valence-electron chi connectivity index (χ3n) is 4.44. The molecule has 0 atom stereocenters. The molecule has 168 valence electrons. The van der Waals surface area contributed by atoms with Gasteiger partial charge in [0, 0.05) is 21.2 Å².